The number of alkyl halides is 1. The number of nitrogens with zero attached hydrogens (tertiary/aromatic N) is 2. The van der Waals surface area contributed by atoms with Gasteiger partial charge in [0.15, 0.2) is 0 Å². The highest BCUT2D eigenvalue weighted by molar-refractivity contribution is 7.89. The second kappa shape index (κ2) is 9.35. The van der Waals surface area contributed by atoms with Gasteiger partial charge in [-0.25, -0.2) is 31.1 Å². The molecule has 1 aliphatic carbocycles. The maximum atomic E-state index is 15.7. The van der Waals surface area contributed by atoms with E-state index in [0.717, 1.165) is 0 Å². The van der Waals surface area contributed by atoms with Gasteiger partial charge in [0.1, 0.15) is 11.6 Å². The normalized spacial score (nSPS) is 23.2. The molecule has 1 spiro atoms. The van der Waals surface area contributed by atoms with Crippen LogP contribution in [0, 0.1) is 17.0 Å². The van der Waals surface area contributed by atoms with Crippen LogP contribution in [-0.4, -0.2) is 75.2 Å². The summed E-state index contributed by atoms with van der Waals surface area (Å²) in [5.41, 5.74) is 0.328. The van der Waals surface area contributed by atoms with Crippen molar-refractivity contribution in [1.29, 1.82) is 0 Å². The fourth-order valence-corrected chi connectivity index (χ4v) is 6.26. The first kappa shape index (κ1) is 25.0. The summed E-state index contributed by atoms with van der Waals surface area (Å²) in [6.07, 6.45) is 1.31. The topological polar surface area (TPSA) is 79.0 Å². The lowest BCUT2D eigenvalue weighted by molar-refractivity contribution is -0.0166. The Kier molecular flexibility index (Phi) is 6.50. The smallest absolute Gasteiger partial charge is 0.320 e. The average molecular weight is 524 g/mol. The van der Waals surface area contributed by atoms with Gasteiger partial charge in [-0.2, -0.15) is 0 Å². The molecule has 0 unspecified atom stereocenters. The Morgan fingerprint density at radius 2 is 1.89 bits per heavy atom. The maximum Gasteiger partial charge on any atom is 0.320 e. The molecule has 194 valence electrons. The number of likely N-dealkylation sites (tertiary alicyclic amines) is 2. The summed E-state index contributed by atoms with van der Waals surface area (Å²) in [6.45, 7) is 1.13. The second-order valence-electron chi connectivity index (χ2n) is 9.92. The summed E-state index contributed by atoms with van der Waals surface area (Å²) in [5.74, 6) is -1.06. The van der Waals surface area contributed by atoms with Crippen LogP contribution in [0.5, 0.6) is 0 Å². The number of rotatable bonds is 7. The van der Waals surface area contributed by atoms with Crippen molar-refractivity contribution in [2.45, 2.75) is 37.5 Å². The van der Waals surface area contributed by atoms with Crippen molar-refractivity contribution in [2.24, 2.45) is 5.41 Å². The van der Waals surface area contributed by atoms with E-state index in [9.17, 15) is 22.0 Å². The molecule has 5 rings (SSSR count). The van der Waals surface area contributed by atoms with E-state index < -0.39 is 45.2 Å². The van der Waals surface area contributed by atoms with Crippen LogP contribution >= 0.6 is 0 Å². The fraction of sp³-hybridized carbons (Fsp3) is 0.480. The predicted octanol–water partition coefficient (Wildman–Crippen LogP) is 3.30. The van der Waals surface area contributed by atoms with Crippen molar-refractivity contribution < 1.29 is 31.1 Å². The zero-order valence-corrected chi connectivity index (χ0v) is 20.6. The first-order chi connectivity index (χ1) is 17.2. The molecule has 2 heterocycles. The van der Waals surface area contributed by atoms with Gasteiger partial charge in [-0.05, 0) is 42.5 Å². The van der Waals surface area contributed by atoms with E-state index in [2.05, 4.69) is 4.72 Å². The molecule has 0 aromatic heterocycles. The van der Waals surface area contributed by atoms with E-state index in [4.69, 9.17) is 4.74 Å². The Hall–Kier alpha value is -2.63. The molecule has 36 heavy (non-hydrogen) atoms. The highest BCUT2D eigenvalue weighted by Gasteiger charge is 2.62. The quantitative estimate of drug-likeness (QED) is 0.604. The van der Waals surface area contributed by atoms with Crippen molar-refractivity contribution in [3.8, 4) is 11.1 Å². The van der Waals surface area contributed by atoms with Gasteiger partial charge in [-0.3, -0.25) is 0 Å². The number of halogens is 3. The average Bonchev–Trinajstić information content (AvgIpc) is 3.54. The van der Waals surface area contributed by atoms with Gasteiger partial charge < -0.3 is 14.5 Å². The van der Waals surface area contributed by atoms with Crippen LogP contribution in [0.15, 0.2) is 42.5 Å². The van der Waals surface area contributed by atoms with Crippen LogP contribution in [-0.2, 0) is 21.2 Å². The Labute approximate surface area is 208 Å². The van der Waals surface area contributed by atoms with E-state index in [-0.39, 0.29) is 29.7 Å². The molecule has 0 radical (unpaired) electrons. The molecule has 3 aliphatic rings. The standard InChI is InChI=1S/C25H28F3N3O4S/c1-35-19-12-30(13-19)24(32)31-14-25(8-9-25)23(29-36(33,34)15-26)21(31)11-17-5-3-7-20(22(17)28)16-4-2-6-18(27)10-16/h2-7,10,19,21,23,29H,8-9,11-15H2,1H3/t21-,23+/m0/s1. The molecule has 2 amide bonds. The van der Waals surface area contributed by atoms with Crippen molar-refractivity contribution in [3.63, 3.8) is 0 Å². The van der Waals surface area contributed by atoms with Gasteiger partial charge in [0, 0.05) is 30.7 Å². The number of hydrogen-bond acceptors (Lipinski definition) is 4. The maximum absolute atomic E-state index is 15.7. The molecule has 2 aromatic carbocycles. The van der Waals surface area contributed by atoms with Gasteiger partial charge in [0.25, 0.3) is 0 Å². The van der Waals surface area contributed by atoms with Gasteiger partial charge in [-0.15, -0.1) is 0 Å². The Morgan fingerprint density at radius 1 is 1.17 bits per heavy atom. The molecule has 1 N–H and O–H groups in total. The number of amides is 2. The highest BCUT2D eigenvalue weighted by Crippen LogP contribution is 2.56. The molecule has 0 bridgehead atoms. The van der Waals surface area contributed by atoms with Gasteiger partial charge in [-0.1, -0.05) is 30.3 Å². The van der Waals surface area contributed by atoms with E-state index in [1.165, 1.54) is 18.2 Å². The summed E-state index contributed by atoms with van der Waals surface area (Å²) < 4.78 is 75.0. The number of nitrogens with one attached hydrogen (secondary N) is 1. The number of urea groups is 1. The van der Waals surface area contributed by atoms with Crippen molar-refractivity contribution in [2.75, 3.05) is 32.8 Å². The zero-order valence-electron chi connectivity index (χ0n) is 19.8. The Balaban J connectivity index is 1.49. The molecule has 3 fully saturated rings. The molecule has 2 saturated heterocycles. The van der Waals surface area contributed by atoms with E-state index in [0.29, 0.717) is 38.0 Å². The van der Waals surface area contributed by atoms with Crippen LogP contribution < -0.4 is 4.72 Å². The first-order valence-electron chi connectivity index (χ1n) is 11.8. The lowest BCUT2D eigenvalue weighted by atomic mass is 9.91. The van der Waals surface area contributed by atoms with Crippen molar-refractivity contribution in [1.82, 2.24) is 14.5 Å². The minimum atomic E-state index is -4.22. The lowest BCUT2D eigenvalue weighted by Gasteiger charge is -2.42. The molecule has 2 aromatic rings. The molecular weight excluding hydrogens is 495 g/mol. The number of ether oxygens (including phenoxy) is 1. The largest absolute Gasteiger partial charge is 0.378 e. The van der Waals surface area contributed by atoms with Crippen LogP contribution in [0.3, 0.4) is 0 Å². The number of methoxy groups -OCH3 is 1. The molecule has 7 nitrogen and oxygen atoms in total. The first-order valence-corrected chi connectivity index (χ1v) is 13.5. The number of hydrogen-bond donors (Lipinski definition) is 1. The van der Waals surface area contributed by atoms with E-state index in [1.807, 2.05) is 0 Å². The second-order valence-corrected chi connectivity index (χ2v) is 11.6. The van der Waals surface area contributed by atoms with Crippen LogP contribution in [0.25, 0.3) is 11.1 Å². The number of benzene rings is 2. The SMILES string of the molecule is COC1CN(C(=O)N2CC3(CC3)[C@H](NS(=O)(=O)CF)[C@@H]2Cc2cccc(-c3cccc(F)c3)c2F)C1. The molecule has 2 aliphatic heterocycles. The Morgan fingerprint density at radius 3 is 2.53 bits per heavy atom. The van der Waals surface area contributed by atoms with Gasteiger partial charge in [0.05, 0.1) is 25.2 Å². The number of sulfonamides is 1. The minimum absolute atomic E-state index is 0.0174. The summed E-state index contributed by atoms with van der Waals surface area (Å²) in [6, 6.07) is 7.04. The number of carbonyl (C=O) groups excluding carboxylic acids is 1. The van der Waals surface area contributed by atoms with Crippen LogP contribution in [0.4, 0.5) is 18.0 Å². The molecule has 11 heteroatoms. The number of carbonyl (C=O) groups is 1. The summed E-state index contributed by atoms with van der Waals surface area (Å²) in [5, 5.41) is 0. The third-order valence-electron chi connectivity index (χ3n) is 7.61. The molecule has 2 atom stereocenters. The third-order valence-corrected chi connectivity index (χ3v) is 8.51. The Bertz CT molecular complexity index is 1260. The van der Waals surface area contributed by atoms with Crippen molar-refractivity contribution >= 4 is 16.1 Å². The molecule has 1 saturated carbocycles. The summed E-state index contributed by atoms with van der Waals surface area (Å²) >= 11 is 0. The van der Waals surface area contributed by atoms with Crippen molar-refractivity contribution in [3.05, 3.63) is 59.7 Å². The predicted molar refractivity (Wildman–Crippen MR) is 127 cm³/mol. The van der Waals surface area contributed by atoms with Gasteiger partial charge >= 0.3 is 6.03 Å². The third kappa shape index (κ3) is 4.59. The van der Waals surface area contributed by atoms with E-state index >= 15 is 4.39 Å². The zero-order chi connectivity index (χ0) is 25.7. The molecular formula is C25H28F3N3O4S. The minimum Gasteiger partial charge on any atom is -0.378 e. The van der Waals surface area contributed by atoms with Crippen LogP contribution in [0.2, 0.25) is 0 Å². The fourth-order valence-electron chi connectivity index (χ4n) is 5.41. The summed E-state index contributed by atoms with van der Waals surface area (Å²) in [4.78, 5) is 16.6. The summed E-state index contributed by atoms with van der Waals surface area (Å²) in [7, 11) is -2.65. The van der Waals surface area contributed by atoms with Crippen LogP contribution in [0.1, 0.15) is 18.4 Å². The highest BCUT2D eigenvalue weighted by atomic mass is 32.2. The monoisotopic (exact) mass is 523 g/mol. The van der Waals surface area contributed by atoms with Gasteiger partial charge in [0.2, 0.25) is 16.0 Å². The van der Waals surface area contributed by atoms with E-state index in [1.54, 1.807) is 41.2 Å². The lowest BCUT2D eigenvalue weighted by Crippen LogP contribution is -2.60.